The molecule has 0 atom stereocenters. The van der Waals surface area contributed by atoms with Crippen molar-refractivity contribution in [1.82, 2.24) is 0 Å². The van der Waals surface area contributed by atoms with Crippen molar-refractivity contribution < 1.29 is 4.42 Å². The second-order valence-corrected chi connectivity index (χ2v) is 4.53. The van der Waals surface area contributed by atoms with E-state index in [1.54, 1.807) is 0 Å². The molecule has 1 nitrogen and oxygen atoms in total. The van der Waals surface area contributed by atoms with Crippen LogP contribution >= 0.6 is 0 Å². The third-order valence-corrected chi connectivity index (χ3v) is 3.04. The molecule has 3 rings (SSSR count). The summed E-state index contributed by atoms with van der Waals surface area (Å²) in [5.74, 6) is 0. The molecule has 0 aliphatic heterocycles. The van der Waals surface area contributed by atoms with Crippen LogP contribution in [0.5, 0.6) is 0 Å². The van der Waals surface area contributed by atoms with Crippen LogP contribution in [0.4, 0.5) is 0 Å². The molecule has 3 aromatic rings. The summed E-state index contributed by atoms with van der Waals surface area (Å²) in [5, 5.41) is 4.01. The third-order valence-electron chi connectivity index (χ3n) is 3.04. The lowest BCUT2D eigenvalue weighted by Gasteiger charge is -1.85. The molecule has 0 aliphatic carbocycles. The van der Waals surface area contributed by atoms with Crippen molar-refractivity contribution in [3.63, 3.8) is 0 Å². The average Bonchev–Trinajstić information content (AvgIpc) is 2.73. The predicted molar refractivity (Wildman–Crippen MR) is 81.6 cm³/mol. The monoisotopic (exact) mass is 246 g/mol. The molecule has 19 heavy (non-hydrogen) atoms. The minimum absolute atomic E-state index is 0.826. The quantitative estimate of drug-likeness (QED) is 0.591. The zero-order valence-corrected chi connectivity index (χ0v) is 10.6. The van der Waals surface area contributed by atoms with Crippen LogP contribution in [0, 0.1) is 0 Å². The lowest BCUT2D eigenvalue weighted by Crippen LogP contribution is -1.93. The maximum Gasteiger partial charge on any atom is 0.136 e. The van der Waals surface area contributed by atoms with Gasteiger partial charge in [-0.25, -0.2) is 0 Å². The number of para-hydroxylation sites is 1. The highest BCUT2D eigenvalue weighted by Crippen LogP contribution is 2.25. The molecule has 0 N–H and O–H groups in total. The summed E-state index contributed by atoms with van der Waals surface area (Å²) >= 11 is 0. The first-order valence-electron chi connectivity index (χ1n) is 6.17. The summed E-state index contributed by atoms with van der Waals surface area (Å²) in [4.78, 5) is 0. The SMILES string of the molecule is C=c1ccccc(=C)cc2c(c1)oc1ccccc12. The van der Waals surface area contributed by atoms with Gasteiger partial charge >= 0.3 is 0 Å². The fraction of sp³-hybridized carbons (Fsp3) is 0. The number of benzene rings is 1. The molecule has 0 bridgehead atoms. The molecular formula is C18H14O. The molecule has 0 spiro atoms. The fourth-order valence-electron chi connectivity index (χ4n) is 2.15. The highest BCUT2D eigenvalue weighted by molar-refractivity contribution is 6.04. The Morgan fingerprint density at radius 1 is 0.632 bits per heavy atom. The Labute approximate surface area is 111 Å². The zero-order valence-electron chi connectivity index (χ0n) is 10.6. The Morgan fingerprint density at radius 2 is 1.26 bits per heavy atom. The maximum atomic E-state index is 5.89. The second kappa shape index (κ2) is 4.62. The van der Waals surface area contributed by atoms with Gasteiger partial charge in [0.1, 0.15) is 11.2 Å². The molecule has 1 heterocycles. The minimum Gasteiger partial charge on any atom is -0.456 e. The van der Waals surface area contributed by atoms with Crippen molar-refractivity contribution in [3.8, 4) is 0 Å². The van der Waals surface area contributed by atoms with Crippen LogP contribution in [0.25, 0.3) is 35.1 Å². The molecule has 1 heteroatoms. The summed E-state index contributed by atoms with van der Waals surface area (Å²) in [5.41, 5.74) is 1.71. The highest BCUT2D eigenvalue weighted by atomic mass is 16.3. The topological polar surface area (TPSA) is 13.1 Å². The Kier molecular flexibility index (Phi) is 2.81. The largest absolute Gasteiger partial charge is 0.456 e. The van der Waals surface area contributed by atoms with Gasteiger partial charge in [0.05, 0.1) is 0 Å². The summed E-state index contributed by atoms with van der Waals surface area (Å²) < 4.78 is 5.89. The van der Waals surface area contributed by atoms with Gasteiger partial charge in [-0.15, -0.1) is 0 Å². The molecule has 0 radical (unpaired) electrons. The van der Waals surface area contributed by atoms with Gasteiger partial charge in [0.25, 0.3) is 0 Å². The van der Waals surface area contributed by atoms with E-state index in [4.69, 9.17) is 4.42 Å². The standard InChI is InChI=1S/C18H14O/c1-13-7-3-4-8-14(2)12-18-16(11-13)15-9-5-6-10-17(15)19-18/h3-12H,1-2H2. The molecular weight excluding hydrogens is 232 g/mol. The number of hydrogen-bond acceptors (Lipinski definition) is 1. The highest BCUT2D eigenvalue weighted by Gasteiger charge is 2.02. The third kappa shape index (κ3) is 2.23. The number of furan rings is 1. The van der Waals surface area contributed by atoms with Gasteiger partial charge in [0, 0.05) is 10.8 Å². The summed E-state index contributed by atoms with van der Waals surface area (Å²) in [6, 6.07) is 19.8. The molecule has 0 saturated heterocycles. The number of hydrogen-bond donors (Lipinski definition) is 0. The van der Waals surface area contributed by atoms with Crippen LogP contribution in [0.3, 0.4) is 0 Å². The van der Waals surface area contributed by atoms with Crippen molar-refractivity contribution in [2.75, 3.05) is 0 Å². The Hall–Kier alpha value is -2.54. The van der Waals surface area contributed by atoms with E-state index in [1.165, 1.54) is 0 Å². The van der Waals surface area contributed by atoms with Gasteiger partial charge in [0.2, 0.25) is 0 Å². The van der Waals surface area contributed by atoms with E-state index in [-0.39, 0.29) is 0 Å². The first-order chi connectivity index (χ1) is 9.24. The van der Waals surface area contributed by atoms with Gasteiger partial charge in [-0.1, -0.05) is 55.6 Å². The van der Waals surface area contributed by atoms with Gasteiger partial charge < -0.3 is 4.42 Å². The van der Waals surface area contributed by atoms with Crippen molar-refractivity contribution in [2.45, 2.75) is 0 Å². The minimum atomic E-state index is 0.826. The molecule has 2 aromatic carbocycles. The number of fused-ring (bicyclic) bond motifs is 3. The molecule has 0 amide bonds. The molecule has 0 unspecified atom stereocenters. The van der Waals surface area contributed by atoms with E-state index in [0.717, 1.165) is 32.4 Å². The Morgan fingerprint density at radius 3 is 2.05 bits per heavy atom. The average molecular weight is 246 g/mol. The van der Waals surface area contributed by atoms with Crippen LogP contribution in [0.2, 0.25) is 0 Å². The van der Waals surface area contributed by atoms with Crippen molar-refractivity contribution in [3.05, 3.63) is 71.1 Å². The lowest BCUT2D eigenvalue weighted by atomic mass is 10.2. The van der Waals surface area contributed by atoms with E-state index in [1.807, 2.05) is 54.6 Å². The van der Waals surface area contributed by atoms with Crippen LogP contribution in [0.15, 0.2) is 65.1 Å². The zero-order chi connectivity index (χ0) is 13.2. The van der Waals surface area contributed by atoms with Crippen molar-refractivity contribution in [1.29, 1.82) is 0 Å². The molecule has 0 fully saturated rings. The van der Waals surface area contributed by atoms with E-state index >= 15 is 0 Å². The second-order valence-electron chi connectivity index (χ2n) is 4.53. The van der Waals surface area contributed by atoms with Gasteiger partial charge in [-0.2, -0.15) is 0 Å². The van der Waals surface area contributed by atoms with E-state index in [0.29, 0.717) is 0 Å². The lowest BCUT2D eigenvalue weighted by molar-refractivity contribution is 0.669. The van der Waals surface area contributed by atoms with Crippen molar-refractivity contribution in [2.24, 2.45) is 0 Å². The Balaban J connectivity index is 2.62. The maximum absolute atomic E-state index is 5.89. The van der Waals surface area contributed by atoms with Crippen LogP contribution in [-0.4, -0.2) is 0 Å². The summed E-state index contributed by atoms with van der Waals surface area (Å²) in [6.45, 7) is 8.04. The van der Waals surface area contributed by atoms with E-state index < -0.39 is 0 Å². The van der Waals surface area contributed by atoms with E-state index in [9.17, 15) is 0 Å². The van der Waals surface area contributed by atoms with Crippen LogP contribution in [0.1, 0.15) is 0 Å². The molecule has 0 aliphatic rings. The summed E-state index contributed by atoms with van der Waals surface area (Å²) in [6.07, 6.45) is 0. The fourth-order valence-corrected chi connectivity index (χ4v) is 2.15. The molecule has 1 aromatic heterocycles. The Bertz CT molecular complexity index is 902. The van der Waals surface area contributed by atoms with Gasteiger partial charge in [0.15, 0.2) is 0 Å². The first kappa shape index (κ1) is 11.5. The van der Waals surface area contributed by atoms with E-state index in [2.05, 4.69) is 19.2 Å². The summed E-state index contributed by atoms with van der Waals surface area (Å²) in [7, 11) is 0. The van der Waals surface area contributed by atoms with Gasteiger partial charge in [-0.3, -0.25) is 0 Å². The molecule has 0 saturated carbocycles. The molecule has 92 valence electrons. The normalized spacial score (nSPS) is 10.5. The first-order valence-corrected chi connectivity index (χ1v) is 6.17. The predicted octanol–water partition coefficient (Wildman–Crippen LogP) is 3.53. The number of rotatable bonds is 0. The van der Waals surface area contributed by atoms with Crippen LogP contribution in [-0.2, 0) is 0 Å². The van der Waals surface area contributed by atoms with Gasteiger partial charge in [-0.05, 0) is 28.6 Å². The van der Waals surface area contributed by atoms with Crippen molar-refractivity contribution >= 4 is 35.1 Å². The van der Waals surface area contributed by atoms with Crippen LogP contribution < -0.4 is 10.4 Å². The smallest absolute Gasteiger partial charge is 0.136 e.